The lowest BCUT2D eigenvalue weighted by atomic mass is 10.2. The first-order valence-electron chi connectivity index (χ1n) is 4.40. The second-order valence-electron chi connectivity index (χ2n) is 2.93. The molecule has 0 radical (unpaired) electrons. The zero-order valence-corrected chi connectivity index (χ0v) is 8.38. The molecule has 1 rings (SSSR count). The Balaban J connectivity index is 2.72. The zero-order chi connectivity index (χ0) is 8.97. The van der Waals surface area contributed by atoms with Gasteiger partial charge in [-0.15, -0.1) is 11.6 Å². The fraction of sp³-hybridized carbons (Fsp3) is 0.667. The van der Waals surface area contributed by atoms with Crippen molar-refractivity contribution in [1.82, 2.24) is 9.78 Å². The molecule has 0 saturated heterocycles. The van der Waals surface area contributed by atoms with Gasteiger partial charge in [0, 0.05) is 11.8 Å². The highest BCUT2D eigenvalue weighted by atomic mass is 35.5. The zero-order valence-electron chi connectivity index (χ0n) is 7.63. The second kappa shape index (κ2) is 4.51. The van der Waals surface area contributed by atoms with Gasteiger partial charge in [0.2, 0.25) is 0 Å². The Hall–Kier alpha value is -0.500. The topological polar surface area (TPSA) is 17.8 Å². The maximum absolute atomic E-state index is 5.68. The predicted molar refractivity (Wildman–Crippen MR) is 51.4 cm³/mol. The summed E-state index contributed by atoms with van der Waals surface area (Å²) in [5.41, 5.74) is 1.10. The van der Waals surface area contributed by atoms with Crippen LogP contribution in [0.1, 0.15) is 38.3 Å². The van der Waals surface area contributed by atoms with Crippen molar-refractivity contribution in [2.24, 2.45) is 0 Å². The van der Waals surface area contributed by atoms with Crippen molar-refractivity contribution in [2.75, 3.05) is 0 Å². The molecular formula is C9H15ClN2. The van der Waals surface area contributed by atoms with Crippen molar-refractivity contribution in [1.29, 1.82) is 0 Å². The largest absolute Gasteiger partial charge is 0.269 e. The van der Waals surface area contributed by atoms with Gasteiger partial charge in [0.05, 0.1) is 18.1 Å². The van der Waals surface area contributed by atoms with Crippen LogP contribution in [-0.4, -0.2) is 9.78 Å². The van der Waals surface area contributed by atoms with E-state index in [-0.39, 0.29) is 0 Å². The van der Waals surface area contributed by atoms with Crippen LogP contribution in [0.4, 0.5) is 0 Å². The Bertz CT molecular complexity index is 228. The molecule has 68 valence electrons. The minimum absolute atomic E-state index is 0.530. The molecule has 0 fully saturated rings. The summed E-state index contributed by atoms with van der Waals surface area (Å²) in [4.78, 5) is 0. The van der Waals surface area contributed by atoms with Gasteiger partial charge in [-0.1, -0.05) is 13.8 Å². The summed E-state index contributed by atoms with van der Waals surface area (Å²) in [6, 6.07) is 0.530. The van der Waals surface area contributed by atoms with Crippen molar-refractivity contribution >= 4 is 11.6 Å². The number of nitrogens with zero attached hydrogens (tertiary/aromatic N) is 2. The molecule has 0 aliphatic rings. The lowest BCUT2D eigenvalue weighted by Crippen LogP contribution is -2.06. The Morgan fingerprint density at radius 3 is 2.58 bits per heavy atom. The van der Waals surface area contributed by atoms with Crippen LogP contribution in [0.2, 0.25) is 0 Å². The molecule has 0 saturated carbocycles. The third-order valence-corrected chi connectivity index (χ3v) is 2.43. The summed E-state index contributed by atoms with van der Waals surface area (Å²) in [6.07, 6.45) is 6.12. The molecule has 3 heteroatoms. The molecule has 1 heterocycles. The van der Waals surface area contributed by atoms with Crippen LogP contribution in [0.5, 0.6) is 0 Å². The Labute approximate surface area is 78.5 Å². The number of hydrogen-bond donors (Lipinski definition) is 0. The van der Waals surface area contributed by atoms with Crippen molar-refractivity contribution in [3.05, 3.63) is 18.0 Å². The molecular weight excluding hydrogens is 172 g/mol. The van der Waals surface area contributed by atoms with Gasteiger partial charge in [-0.25, -0.2) is 0 Å². The summed E-state index contributed by atoms with van der Waals surface area (Å²) in [7, 11) is 0. The van der Waals surface area contributed by atoms with E-state index >= 15 is 0 Å². The van der Waals surface area contributed by atoms with Gasteiger partial charge in [-0.2, -0.15) is 5.10 Å². The molecule has 0 amide bonds. The molecule has 0 unspecified atom stereocenters. The molecule has 2 nitrogen and oxygen atoms in total. The monoisotopic (exact) mass is 186 g/mol. The third-order valence-electron chi connectivity index (χ3n) is 2.13. The fourth-order valence-corrected chi connectivity index (χ4v) is 1.45. The van der Waals surface area contributed by atoms with Gasteiger partial charge in [0.25, 0.3) is 0 Å². The van der Waals surface area contributed by atoms with E-state index in [2.05, 4.69) is 18.9 Å². The summed E-state index contributed by atoms with van der Waals surface area (Å²) >= 11 is 5.68. The van der Waals surface area contributed by atoms with Crippen LogP contribution in [0.15, 0.2) is 12.4 Å². The number of alkyl halides is 1. The first-order valence-corrected chi connectivity index (χ1v) is 4.94. The first kappa shape index (κ1) is 9.59. The molecule has 1 aromatic heterocycles. The summed E-state index contributed by atoms with van der Waals surface area (Å²) in [6.45, 7) is 4.35. The van der Waals surface area contributed by atoms with Gasteiger partial charge in [-0.3, -0.25) is 4.68 Å². The van der Waals surface area contributed by atoms with Gasteiger partial charge in [0.1, 0.15) is 0 Å². The Morgan fingerprint density at radius 1 is 1.50 bits per heavy atom. The highest BCUT2D eigenvalue weighted by Gasteiger charge is 2.06. The lowest BCUT2D eigenvalue weighted by molar-refractivity contribution is 0.428. The van der Waals surface area contributed by atoms with Crippen LogP contribution < -0.4 is 0 Å². The Kier molecular flexibility index (Phi) is 3.60. The van der Waals surface area contributed by atoms with E-state index in [4.69, 9.17) is 11.6 Å². The van der Waals surface area contributed by atoms with E-state index in [1.54, 1.807) is 0 Å². The van der Waals surface area contributed by atoms with Crippen LogP contribution >= 0.6 is 11.6 Å². The minimum Gasteiger partial charge on any atom is -0.269 e. The molecule has 0 aromatic carbocycles. The standard InChI is InChI=1S/C9H15ClN2/c1-3-9(4-2)12-7-8(5-10)6-11-12/h6-7,9H,3-5H2,1-2H3. The van der Waals surface area contributed by atoms with Crippen LogP contribution in [0.3, 0.4) is 0 Å². The normalized spacial score (nSPS) is 11.0. The van der Waals surface area contributed by atoms with Crippen molar-refractivity contribution in [3.8, 4) is 0 Å². The van der Waals surface area contributed by atoms with Gasteiger partial charge in [-0.05, 0) is 12.8 Å². The average molecular weight is 187 g/mol. The summed E-state index contributed by atoms with van der Waals surface area (Å²) in [5, 5.41) is 4.26. The maximum atomic E-state index is 5.68. The smallest absolute Gasteiger partial charge is 0.0534 e. The second-order valence-corrected chi connectivity index (χ2v) is 3.20. The van der Waals surface area contributed by atoms with E-state index in [9.17, 15) is 0 Å². The predicted octanol–water partition coefficient (Wildman–Crippen LogP) is 2.98. The summed E-state index contributed by atoms with van der Waals surface area (Å²) in [5.74, 6) is 0.556. The van der Waals surface area contributed by atoms with Crippen LogP contribution in [0, 0.1) is 0 Å². The molecule has 1 aromatic rings. The van der Waals surface area contributed by atoms with Gasteiger partial charge < -0.3 is 0 Å². The fourth-order valence-electron chi connectivity index (χ4n) is 1.31. The summed E-state index contributed by atoms with van der Waals surface area (Å²) < 4.78 is 2.01. The van der Waals surface area contributed by atoms with Gasteiger partial charge in [0.15, 0.2) is 0 Å². The number of aromatic nitrogens is 2. The van der Waals surface area contributed by atoms with Gasteiger partial charge >= 0.3 is 0 Å². The highest BCUT2D eigenvalue weighted by molar-refractivity contribution is 6.17. The van der Waals surface area contributed by atoms with E-state index in [1.165, 1.54) is 0 Å². The molecule has 12 heavy (non-hydrogen) atoms. The SMILES string of the molecule is CCC(CC)n1cc(CCl)cn1. The number of hydrogen-bond acceptors (Lipinski definition) is 1. The van der Waals surface area contributed by atoms with Crippen molar-refractivity contribution in [2.45, 2.75) is 38.6 Å². The maximum Gasteiger partial charge on any atom is 0.0534 e. The first-order chi connectivity index (χ1) is 5.81. The average Bonchev–Trinajstić information content (AvgIpc) is 2.55. The van der Waals surface area contributed by atoms with E-state index in [0.29, 0.717) is 11.9 Å². The number of halogens is 1. The van der Waals surface area contributed by atoms with Crippen molar-refractivity contribution in [3.63, 3.8) is 0 Å². The molecule has 0 N–H and O–H groups in total. The highest BCUT2D eigenvalue weighted by Crippen LogP contribution is 2.15. The molecule has 0 spiro atoms. The van der Waals surface area contributed by atoms with E-state index in [0.717, 1.165) is 18.4 Å². The molecule has 0 bridgehead atoms. The van der Waals surface area contributed by atoms with E-state index < -0.39 is 0 Å². The third kappa shape index (κ3) is 2.01. The Morgan fingerprint density at radius 2 is 2.17 bits per heavy atom. The van der Waals surface area contributed by atoms with Crippen LogP contribution in [-0.2, 0) is 5.88 Å². The van der Waals surface area contributed by atoms with Crippen molar-refractivity contribution < 1.29 is 0 Å². The number of rotatable bonds is 4. The van der Waals surface area contributed by atoms with E-state index in [1.807, 2.05) is 17.1 Å². The molecule has 0 aliphatic heterocycles. The quantitative estimate of drug-likeness (QED) is 0.662. The lowest BCUT2D eigenvalue weighted by Gasteiger charge is -2.11. The minimum atomic E-state index is 0.530. The molecule has 0 aliphatic carbocycles. The molecule has 0 atom stereocenters. The van der Waals surface area contributed by atoms with Crippen LogP contribution in [0.25, 0.3) is 0 Å².